The zero-order valence-corrected chi connectivity index (χ0v) is 9.00. The first kappa shape index (κ1) is 12.4. The van der Waals surface area contributed by atoms with Gasteiger partial charge in [0.05, 0.1) is 12.7 Å². The number of nitrogens with one attached hydrogen (secondary N) is 1. The lowest BCUT2D eigenvalue weighted by Gasteiger charge is -2.08. The third kappa shape index (κ3) is 3.20. The van der Waals surface area contributed by atoms with Crippen LogP contribution in [-0.4, -0.2) is 31.3 Å². The zero-order chi connectivity index (χ0) is 12.0. The lowest BCUT2D eigenvalue weighted by molar-refractivity contribution is 0.0947. The highest BCUT2D eigenvalue weighted by Crippen LogP contribution is 2.18. The van der Waals surface area contributed by atoms with Crippen LogP contribution in [0.1, 0.15) is 16.8 Å². The molecule has 0 aliphatic carbocycles. The van der Waals surface area contributed by atoms with Gasteiger partial charge in [-0.05, 0) is 24.6 Å². The van der Waals surface area contributed by atoms with Crippen LogP contribution in [0, 0.1) is 5.82 Å². The third-order valence-corrected chi connectivity index (χ3v) is 2.03. The highest BCUT2D eigenvalue weighted by Gasteiger charge is 2.12. The second kappa shape index (κ2) is 6.07. The molecule has 0 spiro atoms. The van der Waals surface area contributed by atoms with Gasteiger partial charge in [-0.25, -0.2) is 4.39 Å². The maximum Gasteiger partial charge on any atom is 0.255 e. The predicted molar refractivity (Wildman–Crippen MR) is 57.0 cm³/mol. The molecule has 2 N–H and O–H groups in total. The van der Waals surface area contributed by atoms with Crippen molar-refractivity contribution in [3.8, 4) is 5.75 Å². The molecule has 0 heterocycles. The van der Waals surface area contributed by atoms with Crippen LogP contribution >= 0.6 is 0 Å². The van der Waals surface area contributed by atoms with Crippen molar-refractivity contribution in [2.45, 2.75) is 6.42 Å². The quantitative estimate of drug-likeness (QED) is 0.736. The number of methoxy groups -OCH3 is 1. The predicted octanol–water partition coefficient (Wildman–Crippen LogP) is 0.947. The molecule has 88 valence electrons. The van der Waals surface area contributed by atoms with Crippen molar-refractivity contribution in [1.82, 2.24) is 5.32 Å². The smallest absolute Gasteiger partial charge is 0.255 e. The van der Waals surface area contributed by atoms with Crippen LogP contribution < -0.4 is 10.1 Å². The summed E-state index contributed by atoms with van der Waals surface area (Å²) in [5.41, 5.74) is 0.153. The van der Waals surface area contributed by atoms with Crippen LogP contribution in [0.3, 0.4) is 0 Å². The Kier molecular flexibility index (Phi) is 4.72. The molecular weight excluding hydrogens is 213 g/mol. The molecule has 0 atom stereocenters. The lowest BCUT2D eigenvalue weighted by atomic mass is 10.2. The van der Waals surface area contributed by atoms with Crippen molar-refractivity contribution in [3.63, 3.8) is 0 Å². The molecule has 0 unspecified atom stereocenters. The summed E-state index contributed by atoms with van der Waals surface area (Å²) in [6.07, 6.45) is 0.462. The first-order chi connectivity index (χ1) is 7.69. The minimum atomic E-state index is -0.492. The average Bonchev–Trinajstić information content (AvgIpc) is 2.29. The summed E-state index contributed by atoms with van der Waals surface area (Å²) in [4.78, 5) is 11.6. The summed E-state index contributed by atoms with van der Waals surface area (Å²) in [7, 11) is 1.41. The van der Waals surface area contributed by atoms with Gasteiger partial charge in [-0.1, -0.05) is 0 Å². The third-order valence-electron chi connectivity index (χ3n) is 2.03. The van der Waals surface area contributed by atoms with E-state index < -0.39 is 11.7 Å². The fourth-order valence-electron chi connectivity index (χ4n) is 1.23. The Morgan fingerprint density at radius 2 is 2.31 bits per heavy atom. The van der Waals surface area contributed by atoms with E-state index in [1.807, 2.05) is 0 Å². The molecule has 0 fully saturated rings. The summed E-state index contributed by atoms with van der Waals surface area (Å²) < 4.78 is 17.9. The first-order valence-electron chi connectivity index (χ1n) is 4.91. The number of carbonyl (C=O) groups is 1. The number of amides is 1. The number of halogens is 1. The van der Waals surface area contributed by atoms with Crippen molar-refractivity contribution in [2.75, 3.05) is 20.3 Å². The van der Waals surface area contributed by atoms with Crippen molar-refractivity contribution in [3.05, 3.63) is 29.6 Å². The molecule has 16 heavy (non-hydrogen) atoms. The Morgan fingerprint density at radius 1 is 1.56 bits per heavy atom. The highest BCUT2D eigenvalue weighted by atomic mass is 19.1. The molecule has 1 aromatic rings. The van der Waals surface area contributed by atoms with E-state index in [0.29, 0.717) is 18.7 Å². The number of aliphatic hydroxyl groups is 1. The van der Waals surface area contributed by atoms with Gasteiger partial charge < -0.3 is 15.2 Å². The molecule has 0 saturated carbocycles. The molecule has 0 aliphatic heterocycles. The van der Waals surface area contributed by atoms with Gasteiger partial charge in [0.1, 0.15) is 11.6 Å². The molecule has 1 aromatic carbocycles. The largest absolute Gasteiger partial charge is 0.496 e. The Labute approximate surface area is 93.0 Å². The standard InChI is InChI=1S/C11H14FNO3/c1-16-10-4-3-8(12)7-9(10)11(15)13-5-2-6-14/h3-4,7,14H,2,5-6H2,1H3,(H,13,15). The topological polar surface area (TPSA) is 58.6 Å². The number of ether oxygens (including phenoxy) is 1. The second-order valence-corrected chi connectivity index (χ2v) is 3.18. The van der Waals surface area contributed by atoms with Gasteiger partial charge >= 0.3 is 0 Å². The Balaban J connectivity index is 2.76. The summed E-state index contributed by atoms with van der Waals surface area (Å²) >= 11 is 0. The number of hydrogen-bond acceptors (Lipinski definition) is 3. The van der Waals surface area contributed by atoms with Gasteiger partial charge in [0.25, 0.3) is 5.91 Å². The van der Waals surface area contributed by atoms with Gasteiger partial charge in [-0.15, -0.1) is 0 Å². The summed E-state index contributed by atoms with van der Waals surface area (Å²) in [6.45, 7) is 0.343. The number of aliphatic hydroxyl groups excluding tert-OH is 1. The lowest BCUT2D eigenvalue weighted by Crippen LogP contribution is -2.25. The van der Waals surface area contributed by atoms with Crippen molar-refractivity contribution < 1.29 is 19.0 Å². The molecule has 0 saturated heterocycles. The summed E-state index contributed by atoms with van der Waals surface area (Å²) in [6, 6.07) is 3.74. The molecule has 0 bridgehead atoms. The molecule has 0 aliphatic rings. The molecule has 5 heteroatoms. The first-order valence-corrected chi connectivity index (χ1v) is 4.91. The van der Waals surface area contributed by atoms with Crippen LogP contribution in [0.25, 0.3) is 0 Å². The fourth-order valence-corrected chi connectivity index (χ4v) is 1.23. The van der Waals surface area contributed by atoms with Crippen molar-refractivity contribution >= 4 is 5.91 Å². The normalized spacial score (nSPS) is 9.94. The van der Waals surface area contributed by atoms with Gasteiger partial charge in [-0.2, -0.15) is 0 Å². The van der Waals surface area contributed by atoms with Crippen LogP contribution in [0.2, 0.25) is 0 Å². The summed E-state index contributed by atoms with van der Waals surface area (Å²) in [5.74, 6) is -0.583. The van der Waals surface area contributed by atoms with E-state index in [9.17, 15) is 9.18 Å². The van der Waals surface area contributed by atoms with Crippen LogP contribution in [0.15, 0.2) is 18.2 Å². The molecule has 4 nitrogen and oxygen atoms in total. The monoisotopic (exact) mass is 227 g/mol. The SMILES string of the molecule is COc1ccc(F)cc1C(=O)NCCCO. The van der Waals surface area contributed by atoms with E-state index in [4.69, 9.17) is 9.84 Å². The van der Waals surface area contributed by atoms with Gasteiger partial charge in [-0.3, -0.25) is 4.79 Å². The zero-order valence-electron chi connectivity index (χ0n) is 9.00. The molecule has 0 aromatic heterocycles. The van der Waals surface area contributed by atoms with Gasteiger partial charge in [0.2, 0.25) is 0 Å². The number of hydrogen-bond donors (Lipinski definition) is 2. The summed E-state index contributed by atoms with van der Waals surface area (Å²) in [5, 5.41) is 11.1. The van der Waals surface area contributed by atoms with Crippen LogP contribution in [-0.2, 0) is 0 Å². The second-order valence-electron chi connectivity index (χ2n) is 3.18. The number of carbonyl (C=O) groups excluding carboxylic acids is 1. The van der Waals surface area contributed by atoms with E-state index in [0.717, 1.165) is 6.07 Å². The van der Waals surface area contributed by atoms with Gasteiger partial charge in [0, 0.05) is 13.2 Å². The molecule has 0 radical (unpaired) electrons. The van der Waals surface area contributed by atoms with Crippen LogP contribution in [0.5, 0.6) is 5.75 Å². The maximum atomic E-state index is 13.0. The van der Waals surface area contributed by atoms with E-state index >= 15 is 0 Å². The van der Waals surface area contributed by atoms with E-state index in [1.54, 1.807) is 0 Å². The molecule has 1 rings (SSSR count). The van der Waals surface area contributed by atoms with Crippen LogP contribution in [0.4, 0.5) is 4.39 Å². The Hall–Kier alpha value is -1.62. The minimum absolute atomic E-state index is 0.000561. The number of rotatable bonds is 5. The van der Waals surface area contributed by atoms with E-state index in [2.05, 4.69) is 5.32 Å². The molecular formula is C11H14FNO3. The van der Waals surface area contributed by atoms with E-state index in [1.165, 1.54) is 19.2 Å². The Morgan fingerprint density at radius 3 is 2.94 bits per heavy atom. The minimum Gasteiger partial charge on any atom is -0.496 e. The maximum absolute atomic E-state index is 13.0. The number of benzene rings is 1. The molecule has 1 amide bonds. The highest BCUT2D eigenvalue weighted by molar-refractivity contribution is 5.96. The Bertz CT molecular complexity index is 368. The van der Waals surface area contributed by atoms with Crippen molar-refractivity contribution in [2.24, 2.45) is 0 Å². The van der Waals surface area contributed by atoms with Gasteiger partial charge in [0.15, 0.2) is 0 Å². The average molecular weight is 227 g/mol. The fraction of sp³-hybridized carbons (Fsp3) is 0.364. The van der Waals surface area contributed by atoms with Crippen molar-refractivity contribution in [1.29, 1.82) is 0 Å². The van der Waals surface area contributed by atoms with E-state index in [-0.39, 0.29) is 12.2 Å².